The molecule has 0 saturated heterocycles. The van der Waals surface area contributed by atoms with Gasteiger partial charge in [0, 0.05) is 6.20 Å². The molecular formula is C24H19NO2. The maximum Gasteiger partial charge on any atom is 0.148 e. The molecule has 3 heteroatoms. The third-order valence-electron chi connectivity index (χ3n) is 4.05. The highest BCUT2D eigenvalue weighted by molar-refractivity contribution is 5.43. The molecule has 0 bridgehead atoms. The Hall–Kier alpha value is -3.69. The largest absolute Gasteiger partial charge is 0.481 e. The molecule has 0 aliphatic carbocycles. The molecule has 0 amide bonds. The van der Waals surface area contributed by atoms with Crippen LogP contribution in [0.25, 0.3) is 0 Å². The highest BCUT2D eigenvalue weighted by atomic mass is 16.5. The van der Waals surface area contributed by atoms with Crippen molar-refractivity contribution in [1.82, 2.24) is 4.98 Å². The fourth-order valence-electron chi connectivity index (χ4n) is 2.84. The molecule has 1 aromatic heterocycles. The number of ether oxygens (including phenoxy) is 2. The van der Waals surface area contributed by atoms with E-state index in [1.54, 1.807) is 6.20 Å². The van der Waals surface area contributed by atoms with Crippen molar-refractivity contribution in [2.24, 2.45) is 0 Å². The molecule has 3 rings (SSSR count). The number of aromatic nitrogens is 1. The molecule has 132 valence electrons. The van der Waals surface area contributed by atoms with E-state index in [1.165, 1.54) is 0 Å². The van der Waals surface area contributed by atoms with Crippen molar-refractivity contribution in [2.45, 2.75) is 5.92 Å². The van der Waals surface area contributed by atoms with Crippen molar-refractivity contribution in [1.29, 1.82) is 0 Å². The zero-order chi connectivity index (χ0) is 18.9. The molecule has 0 aliphatic rings. The van der Waals surface area contributed by atoms with E-state index in [-0.39, 0.29) is 19.1 Å². The molecule has 3 aromatic rings. The van der Waals surface area contributed by atoms with Gasteiger partial charge in [-0.05, 0) is 47.5 Å². The van der Waals surface area contributed by atoms with Gasteiger partial charge in [-0.1, -0.05) is 42.2 Å². The zero-order valence-corrected chi connectivity index (χ0v) is 14.8. The predicted octanol–water partition coefficient (Wildman–Crippen LogP) is 4.29. The Balaban J connectivity index is 1.93. The van der Waals surface area contributed by atoms with Gasteiger partial charge >= 0.3 is 0 Å². The fourth-order valence-corrected chi connectivity index (χ4v) is 2.84. The van der Waals surface area contributed by atoms with Crippen LogP contribution in [0.5, 0.6) is 11.5 Å². The van der Waals surface area contributed by atoms with Gasteiger partial charge in [-0.3, -0.25) is 4.98 Å². The molecule has 27 heavy (non-hydrogen) atoms. The van der Waals surface area contributed by atoms with Gasteiger partial charge in [-0.25, -0.2) is 0 Å². The minimum absolute atomic E-state index is 0.00503. The van der Waals surface area contributed by atoms with Gasteiger partial charge in [-0.2, -0.15) is 0 Å². The van der Waals surface area contributed by atoms with Crippen molar-refractivity contribution in [3.05, 3.63) is 89.7 Å². The molecule has 0 radical (unpaired) electrons. The van der Waals surface area contributed by atoms with E-state index in [4.69, 9.17) is 22.3 Å². The third-order valence-corrected chi connectivity index (χ3v) is 4.05. The summed E-state index contributed by atoms with van der Waals surface area (Å²) in [5, 5.41) is 0. The number of terminal acetylenes is 2. The number of pyridine rings is 1. The second kappa shape index (κ2) is 9.13. The quantitative estimate of drug-likeness (QED) is 0.594. The Labute approximate surface area is 160 Å². The number of benzene rings is 2. The van der Waals surface area contributed by atoms with Gasteiger partial charge in [0.05, 0.1) is 11.6 Å². The maximum absolute atomic E-state index is 5.47. The summed E-state index contributed by atoms with van der Waals surface area (Å²) in [5.41, 5.74) is 3.19. The molecule has 2 aromatic carbocycles. The molecule has 0 N–H and O–H groups in total. The first kappa shape index (κ1) is 18.1. The van der Waals surface area contributed by atoms with E-state index < -0.39 is 0 Å². The van der Waals surface area contributed by atoms with Crippen molar-refractivity contribution in [3.63, 3.8) is 0 Å². The lowest BCUT2D eigenvalue weighted by Gasteiger charge is -2.18. The Morgan fingerprint density at radius 3 is 1.67 bits per heavy atom. The highest BCUT2D eigenvalue weighted by Crippen LogP contribution is 2.32. The van der Waals surface area contributed by atoms with Gasteiger partial charge in [0.2, 0.25) is 0 Å². The standard InChI is InChI=1S/C24H19NO2/c1-3-17-26-21-12-8-19(9-13-21)24(23-7-5-6-16-25-23)20-10-14-22(15-11-20)27-18-4-2/h1-2,5-16,24H,17-18H2. The molecule has 3 nitrogen and oxygen atoms in total. The number of nitrogens with zero attached hydrogens (tertiary/aromatic N) is 1. The highest BCUT2D eigenvalue weighted by Gasteiger charge is 2.18. The van der Waals surface area contributed by atoms with Crippen LogP contribution in [0.2, 0.25) is 0 Å². The van der Waals surface area contributed by atoms with Crippen molar-refractivity contribution >= 4 is 0 Å². The predicted molar refractivity (Wildman–Crippen MR) is 107 cm³/mol. The molecule has 0 atom stereocenters. The first-order valence-electron chi connectivity index (χ1n) is 8.55. The molecule has 0 saturated carbocycles. The molecule has 0 fully saturated rings. The number of hydrogen-bond acceptors (Lipinski definition) is 3. The number of rotatable bonds is 7. The average molecular weight is 353 g/mol. The summed E-state index contributed by atoms with van der Waals surface area (Å²) in [4.78, 5) is 4.56. The summed E-state index contributed by atoms with van der Waals surface area (Å²) in [5.74, 6) is 6.42. The summed E-state index contributed by atoms with van der Waals surface area (Å²) in [7, 11) is 0. The summed E-state index contributed by atoms with van der Waals surface area (Å²) >= 11 is 0. The average Bonchev–Trinajstić information content (AvgIpc) is 2.73. The van der Waals surface area contributed by atoms with Crippen LogP contribution in [0.4, 0.5) is 0 Å². The van der Waals surface area contributed by atoms with Gasteiger partial charge < -0.3 is 9.47 Å². The van der Waals surface area contributed by atoms with E-state index in [0.717, 1.165) is 28.3 Å². The molecular weight excluding hydrogens is 334 g/mol. The van der Waals surface area contributed by atoms with Crippen molar-refractivity contribution in [2.75, 3.05) is 13.2 Å². The van der Waals surface area contributed by atoms with Crippen LogP contribution in [0.15, 0.2) is 72.9 Å². The van der Waals surface area contributed by atoms with Gasteiger partial charge in [0.1, 0.15) is 24.7 Å². The summed E-state index contributed by atoms with van der Waals surface area (Å²) < 4.78 is 10.9. The van der Waals surface area contributed by atoms with E-state index >= 15 is 0 Å². The molecule has 1 heterocycles. The van der Waals surface area contributed by atoms with E-state index in [1.807, 2.05) is 66.7 Å². The van der Waals surface area contributed by atoms with E-state index in [0.29, 0.717) is 0 Å². The summed E-state index contributed by atoms with van der Waals surface area (Å²) in [6, 6.07) is 21.8. The van der Waals surface area contributed by atoms with Crippen LogP contribution < -0.4 is 9.47 Å². The SMILES string of the molecule is C#CCOc1ccc(C(c2ccc(OCC#C)cc2)c2ccccn2)cc1. The second-order valence-electron chi connectivity index (χ2n) is 5.81. The summed E-state index contributed by atoms with van der Waals surface area (Å²) in [6.07, 6.45) is 12.3. The van der Waals surface area contributed by atoms with Gasteiger partial charge in [-0.15, -0.1) is 12.8 Å². The van der Waals surface area contributed by atoms with Crippen molar-refractivity contribution < 1.29 is 9.47 Å². The topological polar surface area (TPSA) is 31.4 Å². The van der Waals surface area contributed by atoms with Crippen LogP contribution in [0.1, 0.15) is 22.7 Å². The van der Waals surface area contributed by atoms with Gasteiger partial charge in [0.25, 0.3) is 0 Å². The maximum atomic E-state index is 5.47. The smallest absolute Gasteiger partial charge is 0.148 e. The van der Waals surface area contributed by atoms with Crippen LogP contribution in [0, 0.1) is 24.7 Å². The van der Waals surface area contributed by atoms with E-state index in [9.17, 15) is 0 Å². The Morgan fingerprint density at radius 1 is 0.741 bits per heavy atom. The minimum atomic E-state index is -0.00503. The lowest BCUT2D eigenvalue weighted by molar-refractivity contribution is 0.370. The Bertz CT molecular complexity index is 871. The van der Waals surface area contributed by atoms with Crippen LogP contribution in [0.3, 0.4) is 0 Å². The monoisotopic (exact) mass is 353 g/mol. The zero-order valence-electron chi connectivity index (χ0n) is 14.8. The lowest BCUT2D eigenvalue weighted by Crippen LogP contribution is -2.06. The minimum Gasteiger partial charge on any atom is -0.481 e. The van der Waals surface area contributed by atoms with Crippen LogP contribution in [-0.4, -0.2) is 18.2 Å². The Morgan fingerprint density at radius 2 is 1.26 bits per heavy atom. The lowest BCUT2D eigenvalue weighted by atomic mass is 9.88. The van der Waals surface area contributed by atoms with Gasteiger partial charge in [0.15, 0.2) is 0 Å². The van der Waals surface area contributed by atoms with E-state index in [2.05, 4.69) is 16.8 Å². The second-order valence-corrected chi connectivity index (χ2v) is 5.81. The van der Waals surface area contributed by atoms with Crippen LogP contribution >= 0.6 is 0 Å². The Kier molecular flexibility index (Phi) is 6.13. The summed E-state index contributed by atoms with van der Waals surface area (Å²) in [6.45, 7) is 0.504. The van der Waals surface area contributed by atoms with Crippen molar-refractivity contribution in [3.8, 4) is 36.2 Å². The normalized spacial score (nSPS) is 10.0. The number of hydrogen-bond donors (Lipinski definition) is 0. The molecule has 0 spiro atoms. The first-order chi connectivity index (χ1) is 13.3. The molecule has 0 aliphatic heterocycles. The fraction of sp³-hybridized carbons (Fsp3) is 0.125. The molecule has 0 unspecified atom stereocenters. The third kappa shape index (κ3) is 4.69. The van der Waals surface area contributed by atoms with Crippen LogP contribution in [-0.2, 0) is 0 Å². The first-order valence-corrected chi connectivity index (χ1v) is 8.55.